The van der Waals surface area contributed by atoms with Gasteiger partial charge < -0.3 is 10.1 Å². The van der Waals surface area contributed by atoms with Gasteiger partial charge in [-0.2, -0.15) is 4.98 Å². The van der Waals surface area contributed by atoms with Crippen LogP contribution in [-0.2, 0) is 0 Å². The van der Waals surface area contributed by atoms with Gasteiger partial charge in [0.05, 0.1) is 5.69 Å². The van der Waals surface area contributed by atoms with Gasteiger partial charge in [0.25, 0.3) is 0 Å². The van der Waals surface area contributed by atoms with Crippen LogP contribution in [0.4, 0.5) is 5.95 Å². The van der Waals surface area contributed by atoms with Gasteiger partial charge in [-0.05, 0) is 19.1 Å². The summed E-state index contributed by atoms with van der Waals surface area (Å²) in [4.78, 5) is 12.3. The summed E-state index contributed by atoms with van der Waals surface area (Å²) in [7, 11) is 1.76. The van der Waals surface area contributed by atoms with E-state index in [1.54, 1.807) is 25.5 Å². The largest absolute Gasteiger partial charge is 0.437 e. The van der Waals surface area contributed by atoms with Crippen LogP contribution in [0, 0.1) is 6.92 Å². The van der Waals surface area contributed by atoms with Crippen LogP contribution < -0.4 is 10.1 Å². The summed E-state index contributed by atoms with van der Waals surface area (Å²) < 4.78 is 5.60. The molecule has 82 valence electrons. The minimum atomic E-state index is 0.496. The molecule has 0 amide bonds. The number of anilines is 1. The maximum Gasteiger partial charge on any atom is 0.225 e. The molecule has 16 heavy (non-hydrogen) atoms. The van der Waals surface area contributed by atoms with Crippen molar-refractivity contribution in [2.75, 3.05) is 12.4 Å². The highest BCUT2D eigenvalue weighted by molar-refractivity contribution is 5.32. The monoisotopic (exact) mass is 216 g/mol. The molecule has 5 heteroatoms. The van der Waals surface area contributed by atoms with Gasteiger partial charge in [-0.25, -0.2) is 4.98 Å². The predicted molar refractivity (Wildman–Crippen MR) is 60.6 cm³/mol. The van der Waals surface area contributed by atoms with E-state index in [0.29, 0.717) is 17.6 Å². The number of rotatable bonds is 3. The van der Waals surface area contributed by atoms with E-state index < -0.39 is 0 Å². The molecule has 1 N–H and O–H groups in total. The number of ether oxygens (including phenoxy) is 1. The third-order valence-corrected chi connectivity index (χ3v) is 2.03. The lowest BCUT2D eigenvalue weighted by Gasteiger charge is -2.07. The lowest BCUT2D eigenvalue weighted by Crippen LogP contribution is -1.98. The molecule has 5 nitrogen and oxygen atoms in total. The van der Waals surface area contributed by atoms with Crippen molar-refractivity contribution in [2.24, 2.45) is 0 Å². The van der Waals surface area contributed by atoms with Crippen LogP contribution in [0.3, 0.4) is 0 Å². The number of aromatic nitrogens is 3. The Hall–Kier alpha value is -2.17. The minimum absolute atomic E-state index is 0.496. The smallest absolute Gasteiger partial charge is 0.225 e. The lowest BCUT2D eigenvalue weighted by atomic mass is 10.3. The molecule has 0 aliphatic carbocycles. The molecule has 0 bridgehead atoms. The molecule has 2 aromatic heterocycles. The van der Waals surface area contributed by atoms with E-state index in [4.69, 9.17) is 4.74 Å². The highest BCUT2D eigenvalue weighted by Gasteiger charge is 2.03. The Morgan fingerprint density at radius 1 is 1.19 bits per heavy atom. The summed E-state index contributed by atoms with van der Waals surface area (Å²) >= 11 is 0. The van der Waals surface area contributed by atoms with Crippen LogP contribution in [0.15, 0.2) is 30.6 Å². The maximum atomic E-state index is 5.60. The highest BCUT2D eigenvalue weighted by Crippen LogP contribution is 2.21. The third kappa shape index (κ3) is 2.25. The molecule has 0 aromatic carbocycles. The molecule has 0 unspecified atom stereocenters. The van der Waals surface area contributed by atoms with Gasteiger partial charge in [0.15, 0.2) is 5.75 Å². The van der Waals surface area contributed by atoms with Gasteiger partial charge in [-0.3, -0.25) is 4.98 Å². The van der Waals surface area contributed by atoms with Gasteiger partial charge in [-0.15, -0.1) is 0 Å². The molecule has 2 rings (SSSR count). The third-order valence-electron chi connectivity index (χ3n) is 2.03. The van der Waals surface area contributed by atoms with Crippen molar-refractivity contribution in [1.82, 2.24) is 15.0 Å². The number of pyridine rings is 1. The van der Waals surface area contributed by atoms with E-state index in [0.717, 1.165) is 5.69 Å². The van der Waals surface area contributed by atoms with E-state index in [2.05, 4.69) is 20.3 Å². The van der Waals surface area contributed by atoms with Crippen molar-refractivity contribution in [3.8, 4) is 11.6 Å². The van der Waals surface area contributed by atoms with E-state index in [9.17, 15) is 0 Å². The van der Waals surface area contributed by atoms with E-state index in [1.807, 2.05) is 19.1 Å². The van der Waals surface area contributed by atoms with Crippen LogP contribution in [0.2, 0.25) is 0 Å². The number of hydrogen-bond donors (Lipinski definition) is 1. The van der Waals surface area contributed by atoms with E-state index in [-0.39, 0.29) is 0 Å². The van der Waals surface area contributed by atoms with Crippen molar-refractivity contribution in [2.45, 2.75) is 6.92 Å². The van der Waals surface area contributed by atoms with Gasteiger partial charge in [0, 0.05) is 25.5 Å². The lowest BCUT2D eigenvalue weighted by molar-refractivity contribution is 0.456. The molecule has 2 heterocycles. The number of nitrogens with zero attached hydrogens (tertiary/aromatic N) is 3. The second kappa shape index (κ2) is 4.57. The molecular weight excluding hydrogens is 204 g/mol. The Morgan fingerprint density at radius 2 is 2.06 bits per heavy atom. The first kappa shape index (κ1) is 10.4. The second-order valence-electron chi connectivity index (χ2n) is 3.16. The highest BCUT2D eigenvalue weighted by atomic mass is 16.5. The fraction of sp³-hybridized carbons (Fsp3) is 0.182. The first-order valence-electron chi connectivity index (χ1n) is 4.90. The van der Waals surface area contributed by atoms with Gasteiger partial charge in [0.1, 0.15) is 0 Å². The topological polar surface area (TPSA) is 59.9 Å². The van der Waals surface area contributed by atoms with Crippen LogP contribution in [-0.4, -0.2) is 22.0 Å². The van der Waals surface area contributed by atoms with Crippen LogP contribution >= 0.6 is 0 Å². The molecule has 0 saturated carbocycles. The summed E-state index contributed by atoms with van der Waals surface area (Å²) in [6.45, 7) is 1.88. The Kier molecular flexibility index (Phi) is 2.95. The zero-order valence-corrected chi connectivity index (χ0v) is 9.14. The molecular formula is C11H12N4O. The maximum absolute atomic E-state index is 5.60. The first-order valence-corrected chi connectivity index (χ1v) is 4.90. The molecule has 0 radical (unpaired) electrons. The minimum Gasteiger partial charge on any atom is -0.437 e. The van der Waals surface area contributed by atoms with E-state index >= 15 is 0 Å². The summed E-state index contributed by atoms with van der Waals surface area (Å²) in [6.07, 6.45) is 3.36. The SMILES string of the molecule is CNc1nccc(Oc2cccnc2C)n1. The number of nitrogens with one attached hydrogen (secondary N) is 1. The summed E-state index contributed by atoms with van der Waals surface area (Å²) in [5, 5.41) is 2.85. The quantitative estimate of drug-likeness (QED) is 0.850. The van der Waals surface area contributed by atoms with E-state index in [1.165, 1.54) is 0 Å². The standard InChI is InChI=1S/C11H12N4O/c1-8-9(4-3-6-13-8)16-10-5-7-14-11(12-2)15-10/h3-7H,1-2H3,(H,12,14,15). The van der Waals surface area contributed by atoms with Crippen LogP contribution in [0.5, 0.6) is 11.6 Å². The van der Waals surface area contributed by atoms with Crippen molar-refractivity contribution in [3.05, 3.63) is 36.3 Å². The molecule has 0 aliphatic rings. The van der Waals surface area contributed by atoms with Gasteiger partial charge in [-0.1, -0.05) is 0 Å². The Labute approximate surface area is 93.5 Å². The fourth-order valence-electron chi connectivity index (χ4n) is 1.21. The predicted octanol–water partition coefficient (Wildman–Crippen LogP) is 2.01. The van der Waals surface area contributed by atoms with Crippen molar-refractivity contribution in [3.63, 3.8) is 0 Å². The van der Waals surface area contributed by atoms with Crippen molar-refractivity contribution < 1.29 is 4.74 Å². The summed E-state index contributed by atoms with van der Waals surface area (Å²) in [5.74, 6) is 1.72. The average molecular weight is 216 g/mol. The van der Waals surface area contributed by atoms with Gasteiger partial charge >= 0.3 is 0 Å². The molecule has 0 atom stereocenters. The van der Waals surface area contributed by atoms with Gasteiger partial charge in [0.2, 0.25) is 11.8 Å². The molecule has 0 saturated heterocycles. The number of hydrogen-bond acceptors (Lipinski definition) is 5. The normalized spacial score (nSPS) is 9.88. The second-order valence-corrected chi connectivity index (χ2v) is 3.16. The summed E-state index contributed by atoms with van der Waals surface area (Å²) in [6, 6.07) is 5.37. The van der Waals surface area contributed by atoms with Crippen LogP contribution in [0.25, 0.3) is 0 Å². The summed E-state index contributed by atoms with van der Waals surface area (Å²) in [5.41, 5.74) is 0.826. The Morgan fingerprint density at radius 3 is 2.81 bits per heavy atom. The molecule has 0 spiro atoms. The Balaban J connectivity index is 2.24. The van der Waals surface area contributed by atoms with Crippen LogP contribution in [0.1, 0.15) is 5.69 Å². The zero-order valence-electron chi connectivity index (χ0n) is 9.14. The molecule has 2 aromatic rings. The number of aryl methyl sites for hydroxylation is 1. The average Bonchev–Trinajstić information content (AvgIpc) is 2.32. The first-order chi connectivity index (χ1) is 7.79. The fourth-order valence-corrected chi connectivity index (χ4v) is 1.21. The molecule has 0 fully saturated rings. The Bertz CT molecular complexity index is 487. The van der Waals surface area contributed by atoms with Crippen molar-refractivity contribution >= 4 is 5.95 Å². The zero-order chi connectivity index (χ0) is 11.4. The van der Waals surface area contributed by atoms with Crippen molar-refractivity contribution in [1.29, 1.82) is 0 Å². The molecule has 0 aliphatic heterocycles.